The molecule has 0 spiro atoms. The third-order valence-electron chi connectivity index (χ3n) is 5.43. The summed E-state index contributed by atoms with van der Waals surface area (Å²) >= 11 is 3.33. The molecule has 2 rings (SSSR count). The molecule has 186 valence electrons. The number of hydrogen-bond donors (Lipinski definition) is 1. The van der Waals surface area contributed by atoms with Gasteiger partial charge < -0.3 is 10.2 Å². The van der Waals surface area contributed by atoms with Crippen LogP contribution in [0.15, 0.2) is 53.0 Å². The highest BCUT2D eigenvalue weighted by Crippen LogP contribution is 2.23. The fraction of sp³-hybridized carbons (Fsp3) is 0.417. The van der Waals surface area contributed by atoms with Gasteiger partial charge in [0.05, 0.1) is 11.9 Å². The largest absolute Gasteiger partial charge is 0.352 e. The molecule has 1 N–H and O–H groups in total. The van der Waals surface area contributed by atoms with Gasteiger partial charge in [0, 0.05) is 17.1 Å². The van der Waals surface area contributed by atoms with Crippen molar-refractivity contribution in [1.82, 2.24) is 10.2 Å². The number of rotatable bonds is 11. The molecule has 0 unspecified atom stereocenters. The van der Waals surface area contributed by atoms with Crippen molar-refractivity contribution < 1.29 is 22.4 Å². The van der Waals surface area contributed by atoms with Gasteiger partial charge in [-0.3, -0.25) is 13.9 Å². The molecule has 0 bridgehead atoms. The molecule has 34 heavy (non-hydrogen) atoms. The summed E-state index contributed by atoms with van der Waals surface area (Å²) in [5, 5.41) is 2.90. The Labute approximate surface area is 209 Å². The number of hydrogen-bond acceptors (Lipinski definition) is 4. The quantitative estimate of drug-likeness (QED) is 0.452. The van der Waals surface area contributed by atoms with Gasteiger partial charge in [-0.25, -0.2) is 12.8 Å². The van der Waals surface area contributed by atoms with Crippen LogP contribution in [0, 0.1) is 5.82 Å². The second-order valence-electron chi connectivity index (χ2n) is 8.14. The van der Waals surface area contributed by atoms with Crippen LogP contribution in [0.2, 0.25) is 0 Å². The van der Waals surface area contributed by atoms with Crippen LogP contribution in [0.25, 0.3) is 0 Å². The molecule has 0 fully saturated rings. The fourth-order valence-corrected chi connectivity index (χ4v) is 4.62. The Morgan fingerprint density at radius 1 is 1.09 bits per heavy atom. The van der Waals surface area contributed by atoms with Gasteiger partial charge in [0.15, 0.2) is 0 Å². The van der Waals surface area contributed by atoms with E-state index in [1.165, 1.54) is 29.2 Å². The van der Waals surface area contributed by atoms with Crippen LogP contribution in [0.4, 0.5) is 10.1 Å². The molecule has 0 aliphatic rings. The topological polar surface area (TPSA) is 86.8 Å². The minimum atomic E-state index is -3.80. The minimum absolute atomic E-state index is 0.0294. The first-order chi connectivity index (χ1) is 16.0. The first-order valence-corrected chi connectivity index (χ1v) is 13.7. The SMILES string of the molecule is CC[C@H](C(=O)N[C@@H](C)CC)N(Cc1ccc(F)cc1)C(=O)CN(c1cccc(Br)c1)S(C)(=O)=O. The highest BCUT2D eigenvalue weighted by atomic mass is 79.9. The van der Waals surface area contributed by atoms with Crippen molar-refractivity contribution in [2.24, 2.45) is 0 Å². The van der Waals surface area contributed by atoms with Crippen molar-refractivity contribution in [3.05, 3.63) is 64.4 Å². The van der Waals surface area contributed by atoms with E-state index < -0.39 is 34.3 Å². The molecule has 2 aromatic rings. The molecular formula is C24H31BrFN3O4S. The van der Waals surface area contributed by atoms with E-state index in [1.54, 1.807) is 31.2 Å². The molecule has 0 aliphatic heterocycles. The maximum absolute atomic E-state index is 13.5. The van der Waals surface area contributed by atoms with Gasteiger partial charge in [-0.1, -0.05) is 48.0 Å². The standard InChI is InChI=1S/C24H31BrFN3O4S/c1-5-17(3)27-24(31)22(6-2)28(15-18-10-12-20(26)13-11-18)23(30)16-29(34(4,32)33)21-9-7-8-19(25)14-21/h7-14,17,22H,5-6,15-16H2,1-4H3,(H,27,31)/t17-,22+/m0/s1. The van der Waals surface area contributed by atoms with E-state index in [9.17, 15) is 22.4 Å². The Morgan fingerprint density at radius 2 is 1.74 bits per heavy atom. The average Bonchev–Trinajstić information content (AvgIpc) is 2.77. The maximum Gasteiger partial charge on any atom is 0.244 e. The number of carbonyl (C=O) groups is 2. The van der Waals surface area contributed by atoms with Crippen molar-refractivity contribution in [3.8, 4) is 0 Å². The lowest BCUT2D eigenvalue weighted by molar-refractivity contribution is -0.140. The number of benzene rings is 2. The van der Waals surface area contributed by atoms with Crippen LogP contribution in [-0.4, -0.2) is 50.0 Å². The molecule has 0 aliphatic carbocycles. The lowest BCUT2D eigenvalue weighted by Gasteiger charge is -2.33. The number of carbonyl (C=O) groups excluding carboxylic acids is 2. The predicted octanol–water partition coefficient (Wildman–Crippen LogP) is 4.08. The summed E-state index contributed by atoms with van der Waals surface area (Å²) in [7, 11) is -3.80. The van der Waals surface area contributed by atoms with E-state index in [1.807, 2.05) is 13.8 Å². The molecule has 0 saturated carbocycles. The van der Waals surface area contributed by atoms with Gasteiger partial charge in [-0.15, -0.1) is 0 Å². The number of anilines is 1. The van der Waals surface area contributed by atoms with Gasteiger partial charge in [0.25, 0.3) is 0 Å². The lowest BCUT2D eigenvalue weighted by atomic mass is 10.1. The second kappa shape index (κ2) is 12.3. The smallest absolute Gasteiger partial charge is 0.244 e. The summed E-state index contributed by atoms with van der Waals surface area (Å²) in [4.78, 5) is 27.9. The van der Waals surface area contributed by atoms with E-state index in [0.717, 1.165) is 17.0 Å². The number of sulfonamides is 1. The van der Waals surface area contributed by atoms with E-state index in [4.69, 9.17) is 0 Å². The highest BCUT2D eigenvalue weighted by molar-refractivity contribution is 9.10. The molecule has 2 aromatic carbocycles. The maximum atomic E-state index is 13.5. The van der Waals surface area contributed by atoms with Crippen LogP contribution in [0.5, 0.6) is 0 Å². The molecule has 0 saturated heterocycles. The van der Waals surface area contributed by atoms with Gasteiger partial charge >= 0.3 is 0 Å². The average molecular weight is 556 g/mol. The number of amides is 2. The molecule has 0 heterocycles. The minimum Gasteiger partial charge on any atom is -0.352 e. The molecule has 2 atom stereocenters. The number of nitrogens with zero attached hydrogens (tertiary/aromatic N) is 2. The normalized spacial score (nSPS) is 13.1. The zero-order valence-corrected chi connectivity index (χ0v) is 22.2. The second-order valence-corrected chi connectivity index (χ2v) is 11.0. The van der Waals surface area contributed by atoms with Gasteiger partial charge in [0.1, 0.15) is 18.4 Å². The monoisotopic (exact) mass is 555 g/mol. The van der Waals surface area contributed by atoms with Crippen LogP contribution >= 0.6 is 15.9 Å². The summed E-state index contributed by atoms with van der Waals surface area (Å²) < 4.78 is 40.2. The van der Waals surface area contributed by atoms with E-state index in [0.29, 0.717) is 22.1 Å². The third-order valence-corrected chi connectivity index (χ3v) is 7.06. The number of halogens is 2. The highest BCUT2D eigenvalue weighted by Gasteiger charge is 2.32. The fourth-order valence-electron chi connectivity index (χ4n) is 3.39. The Balaban J connectivity index is 2.43. The summed E-state index contributed by atoms with van der Waals surface area (Å²) in [6.45, 7) is 5.14. The first kappa shape index (κ1) is 27.8. The Kier molecular flexibility index (Phi) is 10.1. The Bertz CT molecular complexity index is 1100. The van der Waals surface area contributed by atoms with Crippen molar-refractivity contribution in [2.45, 2.75) is 52.2 Å². The van der Waals surface area contributed by atoms with Crippen LogP contribution in [0.1, 0.15) is 39.2 Å². The van der Waals surface area contributed by atoms with Gasteiger partial charge in [-0.2, -0.15) is 0 Å². The van der Waals surface area contributed by atoms with E-state index in [-0.39, 0.29) is 18.5 Å². The molecule has 10 heteroatoms. The van der Waals surface area contributed by atoms with Crippen molar-refractivity contribution in [1.29, 1.82) is 0 Å². The van der Waals surface area contributed by atoms with Crippen LogP contribution in [-0.2, 0) is 26.2 Å². The summed E-state index contributed by atoms with van der Waals surface area (Å²) in [5.41, 5.74) is 0.946. The third kappa shape index (κ3) is 7.80. The van der Waals surface area contributed by atoms with Crippen LogP contribution < -0.4 is 9.62 Å². The van der Waals surface area contributed by atoms with E-state index in [2.05, 4.69) is 21.2 Å². The molecule has 7 nitrogen and oxygen atoms in total. The lowest BCUT2D eigenvalue weighted by Crippen LogP contribution is -2.53. The van der Waals surface area contributed by atoms with Gasteiger partial charge in [0.2, 0.25) is 21.8 Å². The Morgan fingerprint density at radius 3 is 2.26 bits per heavy atom. The molecule has 0 radical (unpaired) electrons. The molecule has 0 aromatic heterocycles. The predicted molar refractivity (Wildman–Crippen MR) is 135 cm³/mol. The number of nitrogens with one attached hydrogen (secondary N) is 1. The van der Waals surface area contributed by atoms with Crippen molar-refractivity contribution in [3.63, 3.8) is 0 Å². The van der Waals surface area contributed by atoms with Crippen molar-refractivity contribution >= 4 is 43.5 Å². The summed E-state index contributed by atoms with van der Waals surface area (Å²) in [6.07, 6.45) is 2.07. The molecule has 2 amide bonds. The zero-order valence-electron chi connectivity index (χ0n) is 19.8. The van der Waals surface area contributed by atoms with Crippen molar-refractivity contribution in [2.75, 3.05) is 17.1 Å². The van der Waals surface area contributed by atoms with Crippen LogP contribution in [0.3, 0.4) is 0 Å². The summed E-state index contributed by atoms with van der Waals surface area (Å²) in [5.74, 6) is -1.28. The zero-order chi connectivity index (χ0) is 25.5. The Hall–Kier alpha value is -2.46. The summed E-state index contributed by atoms with van der Waals surface area (Å²) in [6, 6.07) is 11.3. The van der Waals surface area contributed by atoms with E-state index >= 15 is 0 Å². The first-order valence-electron chi connectivity index (χ1n) is 11.0. The molecular weight excluding hydrogens is 525 g/mol. The van der Waals surface area contributed by atoms with Gasteiger partial charge in [-0.05, 0) is 55.7 Å².